The fourth-order valence-electron chi connectivity index (χ4n) is 7.64. The maximum Gasteiger partial charge on any atom is 0.324 e. The summed E-state index contributed by atoms with van der Waals surface area (Å²) in [4.78, 5) is 55.4. The van der Waals surface area contributed by atoms with Gasteiger partial charge in [0, 0.05) is 60.7 Å². The van der Waals surface area contributed by atoms with E-state index in [0.717, 1.165) is 0 Å². The highest BCUT2D eigenvalue weighted by atomic mass is 16.6. The van der Waals surface area contributed by atoms with E-state index in [0.29, 0.717) is 25.7 Å². The fraction of sp³-hybridized carbons (Fsp3) is 0.742. The molecule has 0 atom stereocenters. The second kappa shape index (κ2) is 9.65. The highest BCUT2D eigenvalue weighted by Gasteiger charge is 2.62. The summed E-state index contributed by atoms with van der Waals surface area (Å²) >= 11 is 0. The van der Waals surface area contributed by atoms with Gasteiger partial charge < -0.3 is 20.1 Å². The second-order valence-corrected chi connectivity index (χ2v) is 14.9. The molecule has 2 aliphatic carbocycles. The molecule has 1 saturated carbocycles. The molecule has 2 heterocycles. The summed E-state index contributed by atoms with van der Waals surface area (Å²) in [7, 11) is 0. The van der Waals surface area contributed by atoms with Crippen LogP contribution in [-0.2, 0) is 28.7 Å². The first-order valence-electron chi connectivity index (χ1n) is 14.2. The molecule has 8 heteroatoms. The number of carbonyl (C=O) groups is 4. The zero-order valence-corrected chi connectivity index (χ0v) is 24.9. The number of rotatable bonds is 4. The predicted molar refractivity (Wildman–Crippen MR) is 148 cm³/mol. The van der Waals surface area contributed by atoms with Crippen LogP contribution in [0, 0.1) is 10.8 Å². The van der Waals surface area contributed by atoms with Crippen molar-refractivity contribution in [2.24, 2.45) is 10.8 Å². The highest BCUT2D eigenvalue weighted by molar-refractivity contribution is 6.19. The van der Waals surface area contributed by atoms with Crippen molar-refractivity contribution in [2.75, 3.05) is 0 Å². The summed E-state index contributed by atoms with van der Waals surface area (Å²) in [5.74, 6) is -2.54. The molecular formula is C31H46N2O6. The van der Waals surface area contributed by atoms with E-state index in [4.69, 9.17) is 9.47 Å². The zero-order chi connectivity index (χ0) is 29.1. The monoisotopic (exact) mass is 542 g/mol. The number of esters is 2. The Morgan fingerprint density at radius 3 is 1.41 bits per heavy atom. The van der Waals surface area contributed by atoms with Gasteiger partial charge in [-0.3, -0.25) is 19.2 Å². The number of hydrogen-bond donors (Lipinski definition) is 2. The van der Waals surface area contributed by atoms with Crippen molar-refractivity contribution in [1.82, 2.24) is 10.6 Å². The predicted octanol–water partition coefficient (Wildman–Crippen LogP) is 4.11. The second-order valence-electron chi connectivity index (χ2n) is 14.9. The number of allylic oxidation sites excluding steroid dienone is 4. The van der Waals surface area contributed by atoms with Gasteiger partial charge in [0.05, 0.1) is 0 Å². The van der Waals surface area contributed by atoms with Crippen LogP contribution in [0.15, 0.2) is 24.3 Å². The molecule has 0 unspecified atom stereocenters. The van der Waals surface area contributed by atoms with Crippen LogP contribution in [0.1, 0.15) is 100 Å². The van der Waals surface area contributed by atoms with Crippen LogP contribution in [-0.4, -0.2) is 57.9 Å². The van der Waals surface area contributed by atoms with E-state index in [9.17, 15) is 19.2 Å². The lowest BCUT2D eigenvalue weighted by atomic mass is 9.60. The smallest absolute Gasteiger partial charge is 0.324 e. The van der Waals surface area contributed by atoms with Crippen LogP contribution >= 0.6 is 0 Å². The Kier molecular flexibility index (Phi) is 7.34. The molecule has 2 aliphatic heterocycles. The summed E-state index contributed by atoms with van der Waals surface area (Å²) in [6, 6.07) is 0. The fourth-order valence-corrected chi connectivity index (χ4v) is 7.64. The molecule has 0 aromatic rings. The van der Waals surface area contributed by atoms with E-state index in [-0.39, 0.29) is 28.6 Å². The van der Waals surface area contributed by atoms with Gasteiger partial charge in [0.1, 0.15) is 17.6 Å². The van der Waals surface area contributed by atoms with Crippen molar-refractivity contribution < 1.29 is 28.7 Å². The SMILES string of the molecule is CC1(C)CC(OC(=O)C2(C(=O)OC3CC(C)(C)NC(C)(C)C3)CC(=O)C3(C=CC=CC3)C(=O)C2)CC(C)(C)N1. The molecule has 4 rings (SSSR count). The molecule has 8 nitrogen and oxygen atoms in total. The lowest BCUT2D eigenvalue weighted by Crippen LogP contribution is -2.62. The first kappa shape index (κ1) is 29.7. The van der Waals surface area contributed by atoms with Crippen LogP contribution in [0.4, 0.5) is 0 Å². The minimum atomic E-state index is -1.99. The Hall–Kier alpha value is -2.32. The minimum absolute atomic E-state index is 0.231. The van der Waals surface area contributed by atoms with E-state index >= 15 is 0 Å². The molecule has 0 aromatic heterocycles. The molecule has 0 bridgehead atoms. The molecule has 3 fully saturated rings. The summed E-state index contributed by atoms with van der Waals surface area (Å²) in [6.45, 7) is 16.3. The number of hydrogen-bond acceptors (Lipinski definition) is 8. The Morgan fingerprint density at radius 2 is 1.08 bits per heavy atom. The van der Waals surface area contributed by atoms with Gasteiger partial charge in [-0.05, 0) is 61.8 Å². The first-order chi connectivity index (χ1) is 17.8. The normalized spacial score (nSPS) is 28.7. The molecule has 2 saturated heterocycles. The van der Waals surface area contributed by atoms with Crippen molar-refractivity contribution in [2.45, 2.75) is 135 Å². The third kappa shape index (κ3) is 6.07. The summed E-state index contributed by atoms with van der Waals surface area (Å²) in [5.41, 5.74) is -4.52. The highest BCUT2D eigenvalue weighted by Crippen LogP contribution is 2.47. The van der Waals surface area contributed by atoms with Crippen molar-refractivity contribution in [3.63, 3.8) is 0 Å². The van der Waals surface area contributed by atoms with Crippen molar-refractivity contribution in [3.8, 4) is 0 Å². The molecule has 2 N–H and O–H groups in total. The minimum Gasteiger partial charge on any atom is -0.461 e. The van der Waals surface area contributed by atoms with Crippen LogP contribution in [0.3, 0.4) is 0 Å². The number of carbonyl (C=O) groups excluding carboxylic acids is 4. The van der Waals surface area contributed by atoms with E-state index in [1.165, 1.54) is 0 Å². The molecule has 1 spiro atoms. The molecule has 0 radical (unpaired) electrons. The molecule has 0 aromatic carbocycles. The third-order valence-corrected chi connectivity index (χ3v) is 8.62. The zero-order valence-electron chi connectivity index (χ0n) is 24.9. The molecule has 0 amide bonds. The summed E-state index contributed by atoms with van der Waals surface area (Å²) < 4.78 is 12.1. The van der Waals surface area contributed by atoms with Crippen LogP contribution in [0.5, 0.6) is 0 Å². The lowest BCUT2D eigenvalue weighted by Gasteiger charge is -2.48. The van der Waals surface area contributed by atoms with Gasteiger partial charge in [-0.15, -0.1) is 0 Å². The standard InChI is InChI=1S/C31H46N2O6/c1-26(2)14-20(15-27(3,4)32-26)38-24(36)31(18-22(34)30(23(35)19-31)12-10-9-11-13-30)25(37)39-21-16-28(5,6)33-29(7,8)17-21/h9-12,20-21,32-33H,13-19H2,1-8H3. The number of Topliss-reactive ketones (excluding diaryl/α,β-unsaturated/α-hetero) is 2. The van der Waals surface area contributed by atoms with Gasteiger partial charge in [-0.2, -0.15) is 0 Å². The Morgan fingerprint density at radius 1 is 0.692 bits per heavy atom. The molecule has 216 valence electrons. The third-order valence-electron chi connectivity index (χ3n) is 8.62. The number of piperidine rings is 2. The van der Waals surface area contributed by atoms with Crippen LogP contribution in [0.25, 0.3) is 0 Å². The molecule has 39 heavy (non-hydrogen) atoms. The Bertz CT molecular complexity index is 1010. The molecular weight excluding hydrogens is 496 g/mol. The lowest BCUT2D eigenvalue weighted by molar-refractivity contribution is -0.189. The quantitative estimate of drug-likeness (QED) is 0.403. The average molecular weight is 543 g/mol. The number of nitrogens with one attached hydrogen (secondary N) is 2. The summed E-state index contributed by atoms with van der Waals surface area (Å²) in [6.07, 6.45) is 7.50. The van der Waals surface area contributed by atoms with E-state index in [1.54, 1.807) is 24.3 Å². The summed E-state index contributed by atoms with van der Waals surface area (Å²) in [5, 5.41) is 7.12. The van der Waals surface area contributed by atoms with Gasteiger partial charge in [0.25, 0.3) is 0 Å². The maximum atomic E-state index is 14.0. The Labute approximate surface area is 232 Å². The van der Waals surface area contributed by atoms with Crippen molar-refractivity contribution >= 4 is 23.5 Å². The van der Waals surface area contributed by atoms with Gasteiger partial charge in [0.2, 0.25) is 0 Å². The van der Waals surface area contributed by atoms with Crippen molar-refractivity contribution in [1.29, 1.82) is 0 Å². The molecule has 4 aliphatic rings. The van der Waals surface area contributed by atoms with Gasteiger partial charge >= 0.3 is 11.9 Å². The van der Waals surface area contributed by atoms with E-state index in [2.05, 4.69) is 10.6 Å². The average Bonchev–Trinajstić information content (AvgIpc) is 2.73. The first-order valence-corrected chi connectivity index (χ1v) is 14.2. The Balaban J connectivity index is 1.65. The maximum absolute atomic E-state index is 14.0. The van der Waals surface area contributed by atoms with E-state index < -0.39 is 59.4 Å². The number of ether oxygens (including phenoxy) is 2. The largest absolute Gasteiger partial charge is 0.461 e. The van der Waals surface area contributed by atoms with Gasteiger partial charge in [-0.1, -0.05) is 24.3 Å². The van der Waals surface area contributed by atoms with E-state index in [1.807, 2.05) is 55.4 Å². The topological polar surface area (TPSA) is 111 Å². The van der Waals surface area contributed by atoms with Gasteiger partial charge in [0.15, 0.2) is 17.0 Å². The van der Waals surface area contributed by atoms with Crippen LogP contribution < -0.4 is 10.6 Å². The van der Waals surface area contributed by atoms with Gasteiger partial charge in [-0.25, -0.2) is 0 Å². The van der Waals surface area contributed by atoms with Crippen LogP contribution in [0.2, 0.25) is 0 Å². The number of ketones is 2. The van der Waals surface area contributed by atoms with Crippen molar-refractivity contribution in [3.05, 3.63) is 24.3 Å².